The Labute approximate surface area is 114 Å². The molecule has 1 aromatic rings. The summed E-state index contributed by atoms with van der Waals surface area (Å²) in [4.78, 5) is 1.09. The van der Waals surface area contributed by atoms with E-state index >= 15 is 0 Å². The lowest BCUT2D eigenvalue weighted by molar-refractivity contribution is 0.180. The normalized spacial score (nSPS) is 16.7. The number of anilines is 1. The fourth-order valence-electron chi connectivity index (χ4n) is 2.34. The average molecular weight is 260 g/mol. The molecule has 0 atom stereocenters. The fraction of sp³-hybridized carbons (Fsp3) is 0.533. The molecule has 0 unspecified atom stereocenters. The second-order valence-corrected chi connectivity index (χ2v) is 6.55. The number of nitrogens with one attached hydrogen (secondary N) is 1. The van der Waals surface area contributed by atoms with Crippen molar-refractivity contribution < 1.29 is 0 Å². The third-order valence-corrected chi connectivity index (χ3v) is 4.64. The third-order valence-electron chi connectivity index (χ3n) is 3.70. The molecule has 0 bridgehead atoms. The predicted octanol–water partition coefficient (Wildman–Crippen LogP) is 4.27. The summed E-state index contributed by atoms with van der Waals surface area (Å²) in [5.74, 6) is 0.996. The van der Waals surface area contributed by atoms with E-state index < -0.39 is 0 Å². The zero-order valence-electron chi connectivity index (χ0n) is 11.1. The van der Waals surface area contributed by atoms with Crippen molar-refractivity contribution in [3.8, 4) is 6.07 Å². The van der Waals surface area contributed by atoms with Crippen molar-refractivity contribution >= 4 is 17.4 Å². The molecule has 0 radical (unpaired) electrons. The summed E-state index contributed by atoms with van der Waals surface area (Å²) in [5, 5.41) is 12.8. The van der Waals surface area contributed by atoms with E-state index in [1.807, 2.05) is 18.2 Å². The van der Waals surface area contributed by atoms with E-state index in [1.165, 1.54) is 19.3 Å². The molecule has 0 heterocycles. The van der Waals surface area contributed by atoms with E-state index in [4.69, 9.17) is 0 Å². The zero-order valence-corrected chi connectivity index (χ0v) is 11.9. The molecular formula is C15H20N2S. The highest BCUT2D eigenvalue weighted by atomic mass is 32.2. The molecule has 96 valence electrons. The average Bonchev–Trinajstić information content (AvgIpc) is 2.34. The Balaban J connectivity index is 2.12. The van der Waals surface area contributed by atoms with E-state index in [0.29, 0.717) is 5.41 Å². The van der Waals surface area contributed by atoms with Gasteiger partial charge in [-0.15, -0.1) is 11.8 Å². The molecule has 1 aliphatic rings. The lowest BCUT2D eigenvalue weighted by Gasteiger charge is -2.38. The Morgan fingerprint density at radius 3 is 2.78 bits per heavy atom. The monoisotopic (exact) mass is 260 g/mol. The number of thioether (sulfide) groups is 1. The van der Waals surface area contributed by atoms with Gasteiger partial charge >= 0.3 is 0 Å². The summed E-state index contributed by atoms with van der Waals surface area (Å²) in [6.45, 7) is 5.41. The Morgan fingerprint density at radius 1 is 1.44 bits per heavy atom. The molecule has 2 nitrogen and oxygen atoms in total. The first-order valence-corrected chi connectivity index (χ1v) is 7.57. The molecule has 0 amide bonds. The van der Waals surface area contributed by atoms with Crippen molar-refractivity contribution in [3.63, 3.8) is 0 Å². The molecule has 18 heavy (non-hydrogen) atoms. The molecule has 1 fully saturated rings. The Hall–Kier alpha value is -1.14. The van der Waals surface area contributed by atoms with Crippen molar-refractivity contribution in [1.82, 2.24) is 0 Å². The van der Waals surface area contributed by atoms with Crippen LogP contribution >= 0.6 is 11.8 Å². The van der Waals surface area contributed by atoms with E-state index in [0.717, 1.165) is 28.4 Å². The quantitative estimate of drug-likeness (QED) is 0.803. The Morgan fingerprint density at radius 2 is 2.22 bits per heavy atom. The maximum atomic E-state index is 9.32. The Bertz CT molecular complexity index is 458. The first-order valence-electron chi connectivity index (χ1n) is 6.58. The van der Waals surface area contributed by atoms with Crippen LogP contribution in [0.4, 0.5) is 5.69 Å². The van der Waals surface area contributed by atoms with Gasteiger partial charge in [-0.3, -0.25) is 0 Å². The summed E-state index contributed by atoms with van der Waals surface area (Å²) in [5.41, 5.74) is 2.22. The number of benzene rings is 1. The standard InChI is InChI=1S/C15H20N2S/c1-3-18-14-7-4-6-13(12(14)10-16)17-11-15(2)8-5-9-15/h4,6-7,17H,3,5,8-9,11H2,1-2H3. The summed E-state index contributed by atoms with van der Waals surface area (Å²) in [7, 11) is 0. The third kappa shape index (κ3) is 2.81. The van der Waals surface area contributed by atoms with Crippen LogP contribution in [0.5, 0.6) is 0 Å². The van der Waals surface area contributed by atoms with Crippen molar-refractivity contribution in [3.05, 3.63) is 23.8 Å². The highest BCUT2D eigenvalue weighted by molar-refractivity contribution is 7.99. The van der Waals surface area contributed by atoms with Crippen LogP contribution in [0.15, 0.2) is 23.1 Å². The maximum Gasteiger partial charge on any atom is 0.102 e. The predicted molar refractivity (Wildman–Crippen MR) is 78.0 cm³/mol. The molecule has 0 aliphatic heterocycles. The molecule has 0 spiro atoms. The van der Waals surface area contributed by atoms with Crippen LogP contribution in [0.1, 0.15) is 38.7 Å². The van der Waals surface area contributed by atoms with Crippen LogP contribution in [0.25, 0.3) is 0 Å². The topological polar surface area (TPSA) is 35.8 Å². The minimum absolute atomic E-state index is 0.431. The molecule has 1 saturated carbocycles. The highest BCUT2D eigenvalue weighted by Crippen LogP contribution is 2.40. The van der Waals surface area contributed by atoms with Gasteiger partial charge in [0.25, 0.3) is 0 Å². The van der Waals surface area contributed by atoms with Crippen LogP contribution in [-0.4, -0.2) is 12.3 Å². The van der Waals surface area contributed by atoms with Gasteiger partial charge in [0.2, 0.25) is 0 Å². The second kappa shape index (κ2) is 5.67. The fourth-order valence-corrected chi connectivity index (χ4v) is 3.12. The van der Waals surface area contributed by atoms with Gasteiger partial charge in [-0.2, -0.15) is 5.26 Å². The van der Waals surface area contributed by atoms with E-state index in [-0.39, 0.29) is 0 Å². The summed E-state index contributed by atoms with van der Waals surface area (Å²) in [6, 6.07) is 8.41. The van der Waals surface area contributed by atoms with Crippen LogP contribution < -0.4 is 5.32 Å². The molecule has 0 saturated heterocycles. The maximum absolute atomic E-state index is 9.32. The van der Waals surface area contributed by atoms with Gasteiger partial charge in [0.05, 0.1) is 11.3 Å². The molecule has 0 aromatic heterocycles. The van der Waals surface area contributed by atoms with Crippen molar-refractivity contribution in [2.45, 2.75) is 38.0 Å². The van der Waals surface area contributed by atoms with Crippen molar-refractivity contribution in [1.29, 1.82) is 5.26 Å². The number of hydrogen-bond acceptors (Lipinski definition) is 3. The molecule has 1 aromatic carbocycles. The summed E-state index contributed by atoms with van der Waals surface area (Å²) in [6.07, 6.45) is 3.94. The number of rotatable bonds is 5. The first kappa shape index (κ1) is 13.3. The number of nitriles is 1. The van der Waals surface area contributed by atoms with Gasteiger partial charge < -0.3 is 5.32 Å². The van der Waals surface area contributed by atoms with Gasteiger partial charge in [-0.1, -0.05) is 26.3 Å². The largest absolute Gasteiger partial charge is 0.383 e. The molecule has 3 heteroatoms. The number of hydrogen-bond donors (Lipinski definition) is 1. The minimum atomic E-state index is 0.431. The van der Waals surface area contributed by atoms with Crippen molar-refractivity contribution in [2.24, 2.45) is 5.41 Å². The second-order valence-electron chi connectivity index (χ2n) is 5.24. The van der Waals surface area contributed by atoms with Gasteiger partial charge in [-0.05, 0) is 36.1 Å². The van der Waals surface area contributed by atoms with Crippen molar-refractivity contribution in [2.75, 3.05) is 17.6 Å². The van der Waals surface area contributed by atoms with Gasteiger partial charge in [0.1, 0.15) is 6.07 Å². The molecule has 1 aliphatic carbocycles. The van der Waals surface area contributed by atoms with E-state index in [1.54, 1.807) is 11.8 Å². The number of nitrogens with zero attached hydrogens (tertiary/aromatic N) is 1. The minimum Gasteiger partial charge on any atom is -0.383 e. The van der Waals surface area contributed by atoms with Crippen LogP contribution in [0.2, 0.25) is 0 Å². The zero-order chi connectivity index (χ0) is 13.0. The molecular weight excluding hydrogens is 240 g/mol. The lowest BCUT2D eigenvalue weighted by Crippen LogP contribution is -2.33. The van der Waals surface area contributed by atoms with E-state index in [2.05, 4.69) is 25.2 Å². The highest BCUT2D eigenvalue weighted by Gasteiger charge is 2.31. The van der Waals surface area contributed by atoms with Gasteiger partial charge in [0.15, 0.2) is 0 Å². The van der Waals surface area contributed by atoms with Crippen LogP contribution in [0, 0.1) is 16.7 Å². The van der Waals surface area contributed by atoms with Gasteiger partial charge in [-0.25, -0.2) is 0 Å². The first-order chi connectivity index (χ1) is 8.68. The SMILES string of the molecule is CCSc1cccc(NCC2(C)CCC2)c1C#N. The lowest BCUT2D eigenvalue weighted by atomic mass is 9.70. The van der Waals surface area contributed by atoms with Crippen LogP contribution in [0.3, 0.4) is 0 Å². The van der Waals surface area contributed by atoms with Crippen LogP contribution in [-0.2, 0) is 0 Å². The molecule has 1 N–H and O–H groups in total. The Kier molecular flexibility index (Phi) is 4.19. The molecule has 2 rings (SSSR count). The van der Waals surface area contributed by atoms with Gasteiger partial charge in [0, 0.05) is 11.4 Å². The summed E-state index contributed by atoms with van der Waals surface area (Å²) < 4.78 is 0. The van der Waals surface area contributed by atoms with E-state index in [9.17, 15) is 5.26 Å². The smallest absolute Gasteiger partial charge is 0.102 e. The summed E-state index contributed by atoms with van der Waals surface area (Å²) >= 11 is 1.73.